The molecule has 1 saturated heterocycles. The van der Waals surface area contributed by atoms with Gasteiger partial charge in [0.15, 0.2) is 0 Å². The fraction of sp³-hybridized carbons (Fsp3) is 1.00. The van der Waals surface area contributed by atoms with Gasteiger partial charge < -0.3 is 9.31 Å². The zero-order valence-electron chi connectivity index (χ0n) is 10.2. The van der Waals surface area contributed by atoms with Crippen molar-refractivity contribution < 1.29 is 9.31 Å². The van der Waals surface area contributed by atoms with E-state index in [0.29, 0.717) is 5.82 Å². The summed E-state index contributed by atoms with van der Waals surface area (Å²) in [6.45, 7) is 6.48. The Balaban J connectivity index is 1.66. The van der Waals surface area contributed by atoms with Crippen molar-refractivity contribution in [3.63, 3.8) is 0 Å². The summed E-state index contributed by atoms with van der Waals surface area (Å²) in [5.74, 6) is 1.59. The average molecular weight is 210 g/mol. The molecule has 0 aromatic carbocycles. The van der Waals surface area contributed by atoms with Crippen LogP contribution in [0.3, 0.4) is 0 Å². The van der Waals surface area contributed by atoms with Gasteiger partial charge in [0.25, 0.3) is 0 Å². The zero-order valence-corrected chi connectivity index (χ0v) is 10.2. The van der Waals surface area contributed by atoms with Crippen LogP contribution in [0.25, 0.3) is 0 Å². The predicted molar refractivity (Wildman–Crippen MR) is 62.8 cm³/mol. The highest BCUT2D eigenvalue weighted by atomic mass is 16.7. The monoisotopic (exact) mass is 210 g/mol. The van der Waals surface area contributed by atoms with Crippen molar-refractivity contribution in [2.24, 2.45) is 5.92 Å². The molecule has 1 aliphatic carbocycles. The number of hydrogen-bond acceptors (Lipinski definition) is 2. The number of rotatable bonds is 5. The van der Waals surface area contributed by atoms with Crippen LogP contribution < -0.4 is 0 Å². The molecule has 2 fully saturated rings. The molecule has 1 saturated carbocycles. The second-order valence-electron chi connectivity index (χ2n) is 5.21. The summed E-state index contributed by atoms with van der Waals surface area (Å²) in [7, 11) is 0.113. The molecule has 0 amide bonds. The summed E-state index contributed by atoms with van der Waals surface area (Å²) in [5, 5.41) is 0. The van der Waals surface area contributed by atoms with E-state index in [1.807, 2.05) is 0 Å². The van der Waals surface area contributed by atoms with E-state index in [-0.39, 0.29) is 19.3 Å². The minimum Gasteiger partial charge on any atom is -0.406 e. The van der Waals surface area contributed by atoms with Gasteiger partial charge in [0.2, 0.25) is 0 Å². The fourth-order valence-corrected chi connectivity index (χ4v) is 2.47. The largest absolute Gasteiger partial charge is 0.461 e. The van der Waals surface area contributed by atoms with Crippen LogP contribution in [0, 0.1) is 5.92 Å². The molecule has 2 rings (SSSR count). The summed E-state index contributed by atoms with van der Waals surface area (Å²) < 4.78 is 11.6. The smallest absolute Gasteiger partial charge is 0.406 e. The van der Waals surface area contributed by atoms with Gasteiger partial charge in [0, 0.05) is 0 Å². The molecule has 0 aromatic heterocycles. The van der Waals surface area contributed by atoms with Gasteiger partial charge in [-0.25, -0.2) is 0 Å². The SMILES string of the molecule is CCCCC[C@H]1C[C@@H]1B1OC(C)C(C)O1. The molecule has 2 nitrogen and oxygen atoms in total. The first-order valence-corrected chi connectivity index (χ1v) is 6.53. The van der Waals surface area contributed by atoms with E-state index >= 15 is 0 Å². The van der Waals surface area contributed by atoms with Gasteiger partial charge in [-0.2, -0.15) is 0 Å². The Morgan fingerprint density at radius 1 is 1.13 bits per heavy atom. The van der Waals surface area contributed by atoms with Crippen molar-refractivity contribution in [2.75, 3.05) is 0 Å². The van der Waals surface area contributed by atoms with Crippen LogP contribution in [-0.2, 0) is 9.31 Å². The fourth-order valence-electron chi connectivity index (χ4n) is 2.47. The van der Waals surface area contributed by atoms with Crippen LogP contribution in [0.2, 0.25) is 5.82 Å². The quantitative estimate of drug-likeness (QED) is 0.512. The standard InChI is InChI=1S/C12H23BO2/c1-4-5-6-7-11-8-12(11)13-14-9(2)10(3)15-13/h9-12H,4-8H2,1-3H3/t9?,10?,11-,12-/m0/s1. The molecule has 1 aliphatic heterocycles. The number of hydrogen-bond donors (Lipinski definition) is 0. The first-order chi connectivity index (χ1) is 7.22. The third-order valence-corrected chi connectivity index (χ3v) is 3.86. The molecule has 0 bridgehead atoms. The van der Waals surface area contributed by atoms with Gasteiger partial charge in [-0.3, -0.25) is 0 Å². The Bertz CT molecular complexity index is 200. The highest BCUT2D eigenvalue weighted by Crippen LogP contribution is 2.52. The molecule has 15 heavy (non-hydrogen) atoms. The van der Waals surface area contributed by atoms with E-state index < -0.39 is 0 Å². The Morgan fingerprint density at radius 3 is 2.40 bits per heavy atom. The van der Waals surface area contributed by atoms with E-state index in [2.05, 4.69) is 20.8 Å². The molecule has 3 heteroatoms. The van der Waals surface area contributed by atoms with Crippen molar-refractivity contribution in [3.05, 3.63) is 0 Å². The molecule has 0 aromatic rings. The maximum absolute atomic E-state index is 5.81. The van der Waals surface area contributed by atoms with Crippen LogP contribution in [0.5, 0.6) is 0 Å². The lowest BCUT2D eigenvalue weighted by atomic mass is 9.80. The molecule has 0 radical (unpaired) electrons. The second-order valence-corrected chi connectivity index (χ2v) is 5.21. The molecular weight excluding hydrogens is 187 g/mol. The Kier molecular flexibility index (Phi) is 3.73. The first-order valence-electron chi connectivity index (χ1n) is 6.53. The minimum atomic E-state index is 0.113. The van der Waals surface area contributed by atoms with Crippen LogP contribution >= 0.6 is 0 Å². The van der Waals surface area contributed by atoms with Crippen LogP contribution in [0.4, 0.5) is 0 Å². The van der Waals surface area contributed by atoms with Gasteiger partial charge in [-0.05, 0) is 32.0 Å². The van der Waals surface area contributed by atoms with E-state index in [4.69, 9.17) is 9.31 Å². The summed E-state index contributed by atoms with van der Waals surface area (Å²) in [6.07, 6.45) is 7.36. The highest BCUT2D eigenvalue weighted by molar-refractivity contribution is 6.48. The van der Waals surface area contributed by atoms with Crippen molar-refractivity contribution in [1.82, 2.24) is 0 Å². The van der Waals surface area contributed by atoms with Crippen molar-refractivity contribution >= 4 is 7.12 Å². The van der Waals surface area contributed by atoms with E-state index in [9.17, 15) is 0 Å². The summed E-state index contributed by atoms with van der Waals surface area (Å²) in [6, 6.07) is 0. The van der Waals surface area contributed by atoms with Crippen LogP contribution in [-0.4, -0.2) is 19.3 Å². The maximum atomic E-state index is 5.81. The average Bonchev–Trinajstić information content (AvgIpc) is 2.89. The van der Waals surface area contributed by atoms with Gasteiger partial charge in [-0.1, -0.05) is 32.6 Å². The number of unbranched alkanes of at least 4 members (excludes halogenated alkanes) is 2. The maximum Gasteiger partial charge on any atom is 0.461 e. The summed E-state index contributed by atoms with van der Waals surface area (Å²) >= 11 is 0. The zero-order chi connectivity index (χ0) is 10.8. The highest BCUT2D eigenvalue weighted by Gasteiger charge is 2.52. The third-order valence-electron chi connectivity index (χ3n) is 3.86. The molecule has 86 valence electrons. The third kappa shape index (κ3) is 2.76. The molecule has 4 atom stereocenters. The van der Waals surface area contributed by atoms with Gasteiger partial charge in [0.05, 0.1) is 12.2 Å². The molecule has 0 N–H and O–H groups in total. The molecule has 2 unspecified atom stereocenters. The first kappa shape index (κ1) is 11.5. The normalized spacial score (nSPS) is 39.8. The van der Waals surface area contributed by atoms with Crippen LogP contribution in [0.15, 0.2) is 0 Å². The minimum absolute atomic E-state index is 0.113. The van der Waals surface area contributed by atoms with Crippen LogP contribution in [0.1, 0.15) is 52.9 Å². The molecule has 1 heterocycles. The lowest BCUT2D eigenvalue weighted by Crippen LogP contribution is -2.16. The topological polar surface area (TPSA) is 18.5 Å². The lowest BCUT2D eigenvalue weighted by Gasteiger charge is -2.04. The van der Waals surface area contributed by atoms with Crippen molar-refractivity contribution in [3.8, 4) is 0 Å². The van der Waals surface area contributed by atoms with Crippen molar-refractivity contribution in [2.45, 2.75) is 70.9 Å². The van der Waals surface area contributed by atoms with E-state index in [0.717, 1.165) is 5.92 Å². The molecule has 0 spiro atoms. The van der Waals surface area contributed by atoms with E-state index in [1.165, 1.54) is 32.1 Å². The van der Waals surface area contributed by atoms with Gasteiger partial charge >= 0.3 is 7.12 Å². The summed E-state index contributed by atoms with van der Waals surface area (Å²) in [4.78, 5) is 0. The summed E-state index contributed by atoms with van der Waals surface area (Å²) in [5.41, 5.74) is 0. The molecular formula is C12H23BO2. The lowest BCUT2D eigenvalue weighted by molar-refractivity contribution is 0.187. The Hall–Kier alpha value is -0.0151. The second kappa shape index (κ2) is 4.88. The van der Waals surface area contributed by atoms with Crippen molar-refractivity contribution in [1.29, 1.82) is 0 Å². The molecule has 2 aliphatic rings. The Labute approximate surface area is 93.9 Å². The van der Waals surface area contributed by atoms with E-state index in [1.54, 1.807) is 0 Å². The Morgan fingerprint density at radius 2 is 1.80 bits per heavy atom. The predicted octanol–water partition coefficient (Wildman–Crippen LogP) is 3.27. The van der Waals surface area contributed by atoms with Gasteiger partial charge in [-0.15, -0.1) is 0 Å². The van der Waals surface area contributed by atoms with Gasteiger partial charge in [0.1, 0.15) is 0 Å².